The topological polar surface area (TPSA) is 37.4 Å². The molecule has 4 nitrogen and oxygen atoms in total. The van der Waals surface area contributed by atoms with Crippen LogP contribution < -0.4 is 10.2 Å². The molecule has 2 aromatic rings. The van der Waals surface area contributed by atoms with Crippen molar-refractivity contribution in [2.45, 2.75) is 13.5 Å². The van der Waals surface area contributed by atoms with E-state index < -0.39 is 0 Å². The van der Waals surface area contributed by atoms with Gasteiger partial charge in [0.1, 0.15) is 5.82 Å². The van der Waals surface area contributed by atoms with Crippen LogP contribution >= 0.6 is 11.3 Å². The number of nitrogens with one attached hydrogen (secondary N) is 1. The summed E-state index contributed by atoms with van der Waals surface area (Å²) in [4.78, 5) is 8.16. The highest BCUT2D eigenvalue weighted by atomic mass is 32.1. The molecule has 0 atom stereocenters. The lowest BCUT2D eigenvalue weighted by molar-refractivity contribution is 0.122. The number of hydrogen-bond acceptors (Lipinski definition) is 5. The highest BCUT2D eigenvalue weighted by Crippen LogP contribution is 2.25. The fraction of sp³-hybridized carbons (Fsp3) is 0.400. The standard InChI is InChI=1S/C15H19N3OS/c1-12-9-13(11-20-12)10-17-15-14(3-2-4-16-15)18-5-7-19-8-6-18/h2-4,9,11H,5-8,10H2,1H3,(H,16,17). The van der Waals surface area contributed by atoms with Crippen molar-refractivity contribution in [3.05, 3.63) is 40.2 Å². The Labute approximate surface area is 123 Å². The zero-order valence-electron chi connectivity index (χ0n) is 11.6. The molecule has 3 rings (SSSR count). The number of nitrogens with zero attached hydrogens (tertiary/aromatic N) is 2. The molecule has 3 heterocycles. The van der Waals surface area contributed by atoms with Gasteiger partial charge in [0.2, 0.25) is 0 Å². The van der Waals surface area contributed by atoms with Gasteiger partial charge in [-0.25, -0.2) is 4.98 Å². The van der Waals surface area contributed by atoms with Gasteiger partial charge in [0, 0.05) is 30.7 Å². The van der Waals surface area contributed by atoms with E-state index in [0.29, 0.717) is 0 Å². The zero-order chi connectivity index (χ0) is 13.8. The van der Waals surface area contributed by atoms with Crippen LogP contribution in [0.15, 0.2) is 29.8 Å². The Morgan fingerprint density at radius 3 is 3.00 bits per heavy atom. The van der Waals surface area contributed by atoms with E-state index in [0.717, 1.165) is 38.7 Å². The molecule has 1 aliphatic rings. The van der Waals surface area contributed by atoms with E-state index >= 15 is 0 Å². The third-order valence-corrected chi connectivity index (χ3v) is 4.29. The monoisotopic (exact) mass is 289 g/mol. The van der Waals surface area contributed by atoms with E-state index in [2.05, 4.69) is 39.6 Å². The first kappa shape index (κ1) is 13.4. The molecule has 2 aromatic heterocycles. The predicted molar refractivity (Wildman–Crippen MR) is 83.7 cm³/mol. The van der Waals surface area contributed by atoms with Crippen molar-refractivity contribution in [3.8, 4) is 0 Å². The molecule has 0 bridgehead atoms. The second-order valence-corrected chi connectivity index (χ2v) is 6.01. The minimum Gasteiger partial charge on any atom is -0.378 e. The summed E-state index contributed by atoms with van der Waals surface area (Å²) >= 11 is 1.78. The number of ether oxygens (including phenoxy) is 1. The summed E-state index contributed by atoms with van der Waals surface area (Å²) in [6.45, 7) is 6.39. The van der Waals surface area contributed by atoms with Crippen LogP contribution in [0.4, 0.5) is 11.5 Å². The fourth-order valence-electron chi connectivity index (χ4n) is 2.37. The third kappa shape index (κ3) is 3.11. The average molecular weight is 289 g/mol. The summed E-state index contributed by atoms with van der Waals surface area (Å²) in [6, 6.07) is 6.33. The minimum atomic E-state index is 0.790. The Morgan fingerprint density at radius 1 is 1.40 bits per heavy atom. The summed E-state index contributed by atoms with van der Waals surface area (Å²) in [5.41, 5.74) is 2.48. The van der Waals surface area contributed by atoms with Crippen LogP contribution in [-0.2, 0) is 11.3 Å². The molecule has 0 unspecified atom stereocenters. The van der Waals surface area contributed by atoms with Gasteiger partial charge in [-0.2, -0.15) is 0 Å². The number of hydrogen-bond donors (Lipinski definition) is 1. The van der Waals surface area contributed by atoms with Crippen molar-refractivity contribution in [1.29, 1.82) is 0 Å². The summed E-state index contributed by atoms with van der Waals surface area (Å²) < 4.78 is 5.41. The maximum absolute atomic E-state index is 5.41. The first-order chi connectivity index (χ1) is 9.83. The van der Waals surface area contributed by atoms with E-state index in [-0.39, 0.29) is 0 Å². The predicted octanol–water partition coefficient (Wildman–Crippen LogP) is 2.90. The molecule has 0 amide bonds. The van der Waals surface area contributed by atoms with Gasteiger partial charge < -0.3 is 15.0 Å². The Kier molecular flexibility index (Phi) is 4.18. The lowest BCUT2D eigenvalue weighted by Gasteiger charge is -2.30. The summed E-state index contributed by atoms with van der Waals surface area (Å²) in [5, 5.41) is 5.65. The van der Waals surface area contributed by atoms with Crippen LogP contribution in [0.1, 0.15) is 10.4 Å². The molecule has 0 saturated carbocycles. The Balaban J connectivity index is 1.72. The molecule has 1 saturated heterocycles. The smallest absolute Gasteiger partial charge is 0.149 e. The number of aryl methyl sites for hydroxylation is 1. The van der Waals surface area contributed by atoms with Crippen molar-refractivity contribution in [1.82, 2.24) is 4.98 Å². The van der Waals surface area contributed by atoms with Crippen molar-refractivity contribution < 1.29 is 4.74 Å². The van der Waals surface area contributed by atoms with E-state index in [1.54, 1.807) is 11.3 Å². The summed E-state index contributed by atoms with van der Waals surface area (Å²) in [7, 11) is 0. The molecule has 1 N–H and O–H groups in total. The van der Waals surface area contributed by atoms with Crippen molar-refractivity contribution in [2.24, 2.45) is 0 Å². The highest BCUT2D eigenvalue weighted by molar-refractivity contribution is 7.10. The van der Waals surface area contributed by atoms with Gasteiger partial charge in [0.25, 0.3) is 0 Å². The molecule has 0 aromatic carbocycles. The number of thiophene rings is 1. The quantitative estimate of drug-likeness (QED) is 0.939. The van der Waals surface area contributed by atoms with Crippen LogP contribution in [0.3, 0.4) is 0 Å². The van der Waals surface area contributed by atoms with Gasteiger partial charge in [0.05, 0.1) is 18.9 Å². The first-order valence-electron chi connectivity index (χ1n) is 6.88. The molecule has 106 valence electrons. The Morgan fingerprint density at radius 2 is 2.25 bits per heavy atom. The molecule has 0 radical (unpaired) electrons. The number of morpholine rings is 1. The number of anilines is 2. The fourth-order valence-corrected chi connectivity index (χ4v) is 3.08. The van der Waals surface area contributed by atoms with Gasteiger partial charge in [0.15, 0.2) is 0 Å². The Hall–Kier alpha value is -1.59. The molecule has 1 aliphatic heterocycles. The first-order valence-corrected chi connectivity index (χ1v) is 7.76. The summed E-state index contributed by atoms with van der Waals surface area (Å²) in [5.74, 6) is 0.957. The lowest BCUT2D eigenvalue weighted by atomic mass is 10.3. The molecular weight excluding hydrogens is 270 g/mol. The summed E-state index contributed by atoms with van der Waals surface area (Å²) in [6.07, 6.45) is 1.84. The number of rotatable bonds is 4. The molecule has 5 heteroatoms. The molecule has 20 heavy (non-hydrogen) atoms. The lowest BCUT2D eigenvalue weighted by Crippen LogP contribution is -2.36. The van der Waals surface area contributed by atoms with Crippen molar-refractivity contribution in [3.63, 3.8) is 0 Å². The second-order valence-electron chi connectivity index (χ2n) is 4.89. The van der Waals surface area contributed by atoms with Gasteiger partial charge in [-0.05, 0) is 36.1 Å². The van der Waals surface area contributed by atoms with Crippen LogP contribution in [-0.4, -0.2) is 31.3 Å². The normalized spacial score (nSPS) is 15.3. The van der Waals surface area contributed by atoms with Crippen molar-refractivity contribution in [2.75, 3.05) is 36.5 Å². The number of pyridine rings is 1. The van der Waals surface area contributed by atoms with Crippen molar-refractivity contribution >= 4 is 22.8 Å². The zero-order valence-corrected chi connectivity index (χ0v) is 12.4. The molecule has 1 fully saturated rings. The average Bonchev–Trinajstić information content (AvgIpc) is 2.92. The van der Waals surface area contributed by atoms with Crippen LogP contribution in [0.2, 0.25) is 0 Å². The highest BCUT2D eigenvalue weighted by Gasteiger charge is 2.15. The van der Waals surface area contributed by atoms with E-state index in [1.807, 2.05) is 12.3 Å². The molecule has 0 aliphatic carbocycles. The maximum atomic E-state index is 5.41. The van der Waals surface area contributed by atoms with Crippen LogP contribution in [0, 0.1) is 6.92 Å². The van der Waals surface area contributed by atoms with E-state index in [4.69, 9.17) is 4.74 Å². The Bertz CT molecular complexity index is 564. The van der Waals surface area contributed by atoms with Gasteiger partial charge in [-0.1, -0.05) is 0 Å². The second kappa shape index (κ2) is 6.24. The van der Waals surface area contributed by atoms with Gasteiger partial charge in [-0.3, -0.25) is 0 Å². The van der Waals surface area contributed by atoms with Gasteiger partial charge >= 0.3 is 0 Å². The largest absolute Gasteiger partial charge is 0.378 e. The molecular formula is C15H19N3OS. The SMILES string of the molecule is Cc1cc(CNc2ncccc2N2CCOCC2)cs1. The minimum absolute atomic E-state index is 0.790. The van der Waals surface area contributed by atoms with E-state index in [1.165, 1.54) is 16.1 Å². The number of aromatic nitrogens is 1. The third-order valence-electron chi connectivity index (χ3n) is 3.38. The van der Waals surface area contributed by atoms with E-state index in [9.17, 15) is 0 Å². The van der Waals surface area contributed by atoms with Crippen LogP contribution in [0.25, 0.3) is 0 Å². The van der Waals surface area contributed by atoms with Crippen LogP contribution in [0.5, 0.6) is 0 Å². The maximum Gasteiger partial charge on any atom is 0.149 e. The molecule has 0 spiro atoms. The van der Waals surface area contributed by atoms with Gasteiger partial charge in [-0.15, -0.1) is 11.3 Å².